The molecule has 0 spiro atoms. The summed E-state index contributed by atoms with van der Waals surface area (Å²) in [6, 6.07) is 6.10. The minimum atomic E-state index is -0.389. The van der Waals surface area contributed by atoms with Crippen molar-refractivity contribution in [3.63, 3.8) is 0 Å². The van der Waals surface area contributed by atoms with Crippen LogP contribution in [0, 0.1) is 5.92 Å². The van der Waals surface area contributed by atoms with Crippen molar-refractivity contribution in [2.75, 3.05) is 6.61 Å². The van der Waals surface area contributed by atoms with Gasteiger partial charge < -0.3 is 4.74 Å². The molecule has 112 valence electrons. The Morgan fingerprint density at radius 1 is 1.24 bits per heavy atom. The van der Waals surface area contributed by atoms with E-state index in [1.807, 2.05) is 6.07 Å². The van der Waals surface area contributed by atoms with Crippen molar-refractivity contribution in [2.24, 2.45) is 10.9 Å². The predicted octanol–water partition coefficient (Wildman–Crippen LogP) is 4.73. The number of hydrogen-bond acceptors (Lipinski definition) is 3. The van der Waals surface area contributed by atoms with Crippen molar-refractivity contribution in [1.82, 2.24) is 0 Å². The molecule has 0 aromatic heterocycles. The molecule has 0 aliphatic heterocycles. The maximum absolute atomic E-state index is 10.8. The first-order chi connectivity index (χ1) is 10.2. The van der Waals surface area contributed by atoms with Crippen molar-refractivity contribution in [3.05, 3.63) is 28.2 Å². The average Bonchev–Trinajstić information content (AvgIpc) is 2.87. The van der Waals surface area contributed by atoms with Crippen molar-refractivity contribution in [1.29, 1.82) is 0 Å². The van der Waals surface area contributed by atoms with E-state index in [-0.39, 0.29) is 5.54 Å². The molecule has 2 fully saturated rings. The van der Waals surface area contributed by atoms with Gasteiger partial charge in [0.1, 0.15) is 5.75 Å². The number of halogens is 1. The van der Waals surface area contributed by atoms with E-state index in [2.05, 4.69) is 33.1 Å². The normalized spacial score (nSPS) is 20.6. The second-order valence-electron chi connectivity index (χ2n) is 6.23. The highest BCUT2D eigenvalue weighted by Gasteiger charge is 2.36. The van der Waals surface area contributed by atoms with Crippen LogP contribution in [0.1, 0.15) is 50.5 Å². The maximum Gasteiger partial charge on any atom is 0.235 e. The highest BCUT2D eigenvalue weighted by atomic mass is 79.9. The van der Waals surface area contributed by atoms with Crippen LogP contribution in [0.3, 0.4) is 0 Å². The number of nitrogens with zero attached hydrogens (tertiary/aromatic N) is 1. The molecule has 4 heteroatoms. The van der Waals surface area contributed by atoms with Gasteiger partial charge in [-0.2, -0.15) is 4.99 Å². The topological polar surface area (TPSA) is 38.7 Å². The lowest BCUT2D eigenvalue weighted by Gasteiger charge is -2.26. The number of carbonyl (C=O) groups excluding carboxylic acids is 1. The Bertz CT molecular complexity index is 556. The fraction of sp³-hybridized carbons (Fsp3) is 0.588. The molecule has 0 unspecified atom stereocenters. The van der Waals surface area contributed by atoms with Crippen LogP contribution in [-0.2, 0) is 10.3 Å². The van der Waals surface area contributed by atoms with E-state index in [9.17, 15) is 4.79 Å². The quantitative estimate of drug-likeness (QED) is 0.569. The Morgan fingerprint density at radius 3 is 2.62 bits per heavy atom. The molecule has 2 aliphatic rings. The van der Waals surface area contributed by atoms with Crippen LogP contribution >= 0.6 is 15.9 Å². The third-order valence-electron chi connectivity index (χ3n) is 4.81. The van der Waals surface area contributed by atoms with E-state index in [0.29, 0.717) is 5.92 Å². The van der Waals surface area contributed by atoms with Gasteiger partial charge in [0.25, 0.3) is 0 Å². The summed E-state index contributed by atoms with van der Waals surface area (Å²) in [6.45, 7) is 0.792. The average molecular weight is 350 g/mol. The number of ether oxygens (including phenoxy) is 1. The molecule has 0 bridgehead atoms. The third kappa shape index (κ3) is 3.22. The highest BCUT2D eigenvalue weighted by molar-refractivity contribution is 9.10. The molecular formula is C17H20BrNO2. The van der Waals surface area contributed by atoms with Crippen LogP contribution in [0.4, 0.5) is 0 Å². The lowest BCUT2D eigenvalue weighted by Crippen LogP contribution is -2.21. The van der Waals surface area contributed by atoms with Gasteiger partial charge in [0.15, 0.2) is 0 Å². The van der Waals surface area contributed by atoms with Crippen LogP contribution in [0.25, 0.3) is 0 Å². The van der Waals surface area contributed by atoms with Crippen molar-refractivity contribution in [2.45, 2.75) is 50.5 Å². The first-order valence-electron chi connectivity index (χ1n) is 7.75. The maximum atomic E-state index is 10.8. The van der Waals surface area contributed by atoms with Gasteiger partial charge in [-0.15, -0.1) is 0 Å². The van der Waals surface area contributed by atoms with E-state index >= 15 is 0 Å². The van der Waals surface area contributed by atoms with Crippen LogP contribution in [0.5, 0.6) is 5.75 Å². The number of aliphatic imine (C=N–C) groups is 1. The molecule has 21 heavy (non-hydrogen) atoms. The summed E-state index contributed by atoms with van der Waals surface area (Å²) in [5, 5.41) is 0. The molecule has 2 aliphatic carbocycles. The monoisotopic (exact) mass is 349 g/mol. The molecule has 1 aromatic rings. The molecular weight excluding hydrogens is 330 g/mol. The highest BCUT2D eigenvalue weighted by Crippen LogP contribution is 2.44. The van der Waals surface area contributed by atoms with Crippen LogP contribution in [0.15, 0.2) is 27.7 Å². The third-order valence-corrected chi connectivity index (χ3v) is 5.27. The smallest absolute Gasteiger partial charge is 0.235 e. The summed E-state index contributed by atoms with van der Waals surface area (Å²) in [5.74, 6) is 1.58. The SMILES string of the molecule is O=C=NC1(c2cc(Br)cc(OCC3CCC3)c2)CCCC1. The number of isocyanates is 1. The summed E-state index contributed by atoms with van der Waals surface area (Å²) < 4.78 is 6.93. The number of rotatable bonds is 5. The Kier molecular flexibility index (Phi) is 4.46. The van der Waals surface area contributed by atoms with E-state index in [0.717, 1.165) is 48.1 Å². The predicted molar refractivity (Wildman–Crippen MR) is 85.2 cm³/mol. The largest absolute Gasteiger partial charge is 0.493 e. The molecule has 0 N–H and O–H groups in total. The zero-order valence-electron chi connectivity index (χ0n) is 12.1. The van der Waals surface area contributed by atoms with E-state index in [1.165, 1.54) is 19.3 Å². The minimum absolute atomic E-state index is 0.389. The lowest BCUT2D eigenvalue weighted by molar-refractivity contribution is 0.180. The molecule has 0 saturated heterocycles. The fourth-order valence-corrected chi connectivity index (χ4v) is 3.77. The van der Waals surface area contributed by atoms with Gasteiger partial charge >= 0.3 is 0 Å². The molecule has 3 nitrogen and oxygen atoms in total. The van der Waals surface area contributed by atoms with Crippen molar-refractivity contribution < 1.29 is 9.53 Å². The Balaban J connectivity index is 1.83. The molecule has 3 rings (SSSR count). The summed E-state index contributed by atoms with van der Waals surface area (Å²) in [4.78, 5) is 15.0. The number of hydrogen-bond donors (Lipinski definition) is 0. The van der Waals surface area contributed by atoms with E-state index in [1.54, 1.807) is 6.08 Å². The van der Waals surface area contributed by atoms with E-state index in [4.69, 9.17) is 4.74 Å². The van der Waals surface area contributed by atoms with Crippen LogP contribution in [-0.4, -0.2) is 12.7 Å². The summed E-state index contributed by atoms with van der Waals surface area (Å²) in [6.07, 6.45) is 9.71. The van der Waals surface area contributed by atoms with Crippen molar-refractivity contribution in [3.8, 4) is 5.75 Å². The van der Waals surface area contributed by atoms with Crippen molar-refractivity contribution >= 4 is 22.0 Å². The lowest BCUT2D eigenvalue weighted by atomic mass is 9.86. The molecule has 0 atom stereocenters. The molecule has 0 amide bonds. The first kappa shape index (κ1) is 14.8. The van der Waals surface area contributed by atoms with Gasteiger partial charge in [-0.05, 0) is 55.4 Å². The van der Waals surface area contributed by atoms with E-state index < -0.39 is 0 Å². The van der Waals surface area contributed by atoms with Gasteiger partial charge in [0.05, 0.1) is 12.1 Å². The second kappa shape index (κ2) is 6.33. The Morgan fingerprint density at radius 2 is 2.00 bits per heavy atom. The molecule has 0 heterocycles. The second-order valence-corrected chi connectivity index (χ2v) is 7.14. The van der Waals surface area contributed by atoms with Gasteiger partial charge in [-0.25, -0.2) is 4.79 Å². The van der Waals surface area contributed by atoms with Crippen LogP contribution in [0.2, 0.25) is 0 Å². The number of benzene rings is 1. The molecule has 1 aromatic carbocycles. The molecule has 0 radical (unpaired) electrons. The van der Waals surface area contributed by atoms with Gasteiger partial charge in [0, 0.05) is 4.47 Å². The summed E-state index contributed by atoms with van der Waals surface area (Å²) in [7, 11) is 0. The molecule has 2 saturated carbocycles. The van der Waals surface area contributed by atoms with Gasteiger partial charge in [-0.3, -0.25) is 0 Å². The zero-order valence-corrected chi connectivity index (χ0v) is 13.7. The fourth-order valence-electron chi connectivity index (χ4n) is 3.30. The summed E-state index contributed by atoms with van der Waals surface area (Å²) >= 11 is 3.55. The van der Waals surface area contributed by atoms with Gasteiger partial charge in [-0.1, -0.05) is 35.2 Å². The standard InChI is InChI=1S/C17H20BrNO2/c18-15-8-14(17(19-12-20)6-1-2-7-17)9-16(10-15)21-11-13-4-3-5-13/h8-10,13H,1-7,11H2. The Hall–Kier alpha value is -1.12. The zero-order chi connectivity index (χ0) is 14.7. The first-order valence-corrected chi connectivity index (χ1v) is 8.54. The van der Waals surface area contributed by atoms with Crippen LogP contribution < -0.4 is 4.74 Å². The Labute approximate surface area is 133 Å². The minimum Gasteiger partial charge on any atom is -0.493 e. The summed E-state index contributed by atoms with van der Waals surface area (Å²) in [5.41, 5.74) is 0.682. The van der Waals surface area contributed by atoms with Gasteiger partial charge in [0.2, 0.25) is 6.08 Å².